The molecule has 27 heteroatoms. The van der Waals surface area contributed by atoms with E-state index in [1.54, 1.807) is 93.8 Å². The van der Waals surface area contributed by atoms with Gasteiger partial charge in [0.05, 0.1) is 57.7 Å². The number of fused-ring (bicyclic) bond motifs is 5. The number of aryl methyl sites for hydroxylation is 1. The molecule has 7 aromatic rings. The van der Waals surface area contributed by atoms with Gasteiger partial charge in [0.25, 0.3) is 0 Å². The molecule has 0 saturated carbocycles. The van der Waals surface area contributed by atoms with Crippen molar-refractivity contribution in [3.05, 3.63) is 205 Å². The van der Waals surface area contributed by atoms with Crippen molar-refractivity contribution >= 4 is 140 Å². The van der Waals surface area contributed by atoms with Crippen molar-refractivity contribution < 1.29 is 60.9 Å². The molecule has 2 unspecified atom stereocenters. The van der Waals surface area contributed by atoms with Gasteiger partial charge in [-0.15, -0.1) is 58.0 Å². The van der Waals surface area contributed by atoms with Crippen LogP contribution in [0.1, 0.15) is 213 Å². The smallest absolute Gasteiger partial charge is 0.416 e. The Kier molecular flexibility index (Phi) is 28.6. The average molecular weight is 1760 g/mol. The molecule has 7 heterocycles. The summed E-state index contributed by atoms with van der Waals surface area (Å²) in [6, 6.07) is 40.6. The Hall–Kier alpha value is -9.55. The summed E-state index contributed by atoms with van der Waals surface area (Å²) in [6.07, 6.45) is -4.57. The highest BCUT2D eigenvalue weighted by Gasteiger charge is 2.47. The van der Waals surface area contributed by atoms with Gasteiger partial charge in [0, 0.05) is 133 Å². The molecule has 19 nitrogen and oxygen atoms in total. The topological polar surface area (TPSA) is 217 Å². The monoisotopic (exact) mass is 1750 g/mol. The normalized spacial score (nSPS) is 18.2. The molecule has 0 aliphatic carbocycles. The second-order valence-electron chi connectivity index (χ2n) is 36.7. The van der Waals surface area contributed by atoms with Gasteiger partial charge in [-0.2, -0.15) is 23.7 Å². The third kappa shape index (κ3) is 21.4. The van der Waals surface area contributed by atoms with Crippen molar-refractivity contribution in [1.82, 2.24) is 0 Å². The van der Waals surface area contributed by atoms with E-state index in [0.717, 1.165) is 79.7 Å². The van der Waals surface area contributed by atoms with Gasteiger partial charge in [0.2, 0.25) is 23.6 Å². The second-order valence-corrected chi connectivity index (χ2v) is 38.0. The highest BCUT2D eigenvalue weighted by molar-refractivity contribution is 6.18. The highest BCUT2D eigenvalue weighted by atomic mass is 35.5. The van der Waals surface area contributed by atoms with Gasteiger partial charge < -0.3 is 33.8 Å². The molecule has 7 aliphatic rings. The van der Waals surface area contributed by atoms with Gasteiger partial charge in [-0.05, 0) is 216 Å². The Morgan fingerprint density at radius 1 is 0.479 bits per heavy atom. The summed E-state index contributed by atoms with van der Waals surface area (Å²) in [4.78, 5) is 100. The first-order valence-corrected chi connectivity index (χ1v) is 43.0. The lowest BCUT2D eigenvalue weighted by Gasteiger charge is -2.26. The largest absolute Gasteiger partial charge is 0.443 e. The van der Waals surface area contributed by atoms with Crippen LogP contribution < -0.4 is 34.3 Å². The highest BCUT2D eigenvalue weighted by Crippen LogP contribution is 2.49. The van der Waals surface area contributed by atoms with E-state index >= 15 is 0 Å². The molecule has 0 N–H and O–H groups in total. The van der Waals surface area contributed by atoms with Crippen LogP contribution in [0.4, 0.5) is 67.4 Å². The van der Waals surface area contributed by atoms with Crippen LogP contribution in [0.5, 0.6) is 0 Å². The molecule has 644 valence electrons. The van der Waals surface area contributed by atoms with Gasteiger partial charge in [-0.1, -0.05) is 103 Å². The lowest BCUT2D eigenvalue weighted by atomic mass is 9.83. The van der Waals surface area contributed by atoms with Crippen molar-refractivity contribution in [3.8, 4) is 12.1 Å². The molecule has 0 spiro atoms. The van der Waals surface area contributed by atoms with Crippen LogP contribution >= 0.6 is 58.0 Å². The number of nitriles is 2. The molecule has 3 atom stereocenters. The van der Waals surface area contributed by atoms with E-state index in [0.29, 0.717) is 90.9 Å². The van der Waals surface area contributed by atoms with E-state index in [-0.39, 0.29) is 101 Å². The molecule has 7 aliphatic heterocycles. The fourth-order valence-electron chi connectivity index (χ4n) is 16.5. The van der Waals surface area contributed by atoms with Crippen LogP contribution in [0, 0.1) is 48.3 Å². The first-order valence-electron chi connectivity index (χ1n) is 40.3. The molecule has 2 saturated heterocycles. The third-order valence-electron chi connectivity index (χ3n) is 22.3. The SMILES string of the molecule is CC(C)(C)OC(=O)N1CC(C)(C)c2cc(CCl)c(C(F)(F)F)cc21.CC1CN(C(=O)[C@H]2CC(=O)N(c3cccc(C#N)c3)C2)c2ccc(CCl)cc21.Cc1c(CCl)ccc2c1C(C)(C)CN2C(=O)OC(C)(C)C.Cc1cc2c(cc1CCl)C(C)(C)CN2C(=O)OC(C)(C)C.N#Cc1cccc(N2CC(C(=O)N3CCc4cc(CCl)ccc43)CC2=O)c1. The predicted molar refractivity (Wildman–Crippen MR) is 474 cm³/mol. The van der Waals surface area contributed by atoms with Crippen molar-refractivity contribution in [1.29, 1.82) is 10.5 Å². The van der Waals surface area contributed by atoms with Crippen LogP contribution in [0.25, 0.3) is 0 Å². The number of alkyl halides is 8. The zero-order valence-electron chi connectivity index (χ0n) is 72.0. The number of nitrogens with zero attached hydrogens (tertiary/aromatic N) is 9. The standard InChI is InChI=1S/C22H20ClN3O2.C21H18ClN3O2.C17H21ClF3NO2.2C17H24ClNO2/c1-14-12-26(20-6-5-15(10-23)8-19(14)20)22(28)17-9-21(27)25(13-17)18-4-2-3-16(7-18)11-24;22-11-14-4-5-19-16(8-14)6-7-24(19)21(27)17-10-20(26)25(13-17)18-3-1-2-15(9-18)12-23;1-15(2,3)24-14(23)22-9-16(4,5)12-6-10(8-18)11(7-13(12)22)17(19,20)21;1-11-7-14-13(8-12(11)9-18)17(5,6)10-19(14)15(20)21-16(2,3)4;1-11-12(9-18)7-8-13-14(11)17(5,6)10-19(13)15(20)21-16(2,3)4/h2-8,14,17H,9-10,12-13H2,1H3;1-5,8-9,17H,6-7,10-11,13H2;6-7H,8-9H2,1-5H3;2*7-8H,9-10H2,1-6H3/t14?,17-;;;;/m0..../s1. The van der Waals surface area contributed by atoms with Crippen LogP contribution in [0.3, 0.4) is 0 Å². The fraction of sp³-hybridized carbons (Fsp3) is 0.457. The van der Waals surface area contributed by atoms with E-state index in [4.69, 9.17) is 82.7 Å². The van der Waals surface area contributed by atoms with Crippen LogP contribution in [0.15, 0.2) is 121 Å². The Bertz CT molecular complexity index is 5220. The summed E-state index contributed by atoms with van der Waals surface area (Å²) < 4.78 is 56.3. The molecule has 0 bridgehead atoms. The summed E-state index contributed by atoms with van der Waals surface area (Å²) in [7, 11) is 0. The van der Waals surface area contributed by atoms with Crippen LogP contribution in [0.2, 0.25) is 0 Å². The number of carbonyl (C=O) groups is 7. The van der Waals surface area contributed by atoms with E-state index < -0.39 is 40.1 Å². The number of carbonyl (C=O) groups excluding carboxylic acids is 7. The summed E-state index contributed by atoms with van der Waals surface area (Å²) in [5.74, 6) is 0.911. The van der Waals surface area contributed by atoms with E-state index in [9.17, 15) is 46.7 Å². The molecule has 0 radical (unpaired) electrons. The number of anilines is 7. The van der Waals surface area contributed by atoms with Gasteiger partial charge in [-0.3, -0.25) is 33.9 Å². The number of hydrogen-bond donors (Lipinski definition) is 0. The van der Waals surface area contributed by atoms with E-state index in [1.165, 1.54) is 22.1 Å². The lowest BCUT2D eigenvalue weighted by Crippen LogP contribution is -2.38. The Labute approximate surface area is 733 Å². The molecule has 7 aromatic carbocycles. The van der Waals surface area contributed by atoms with E-state index in [1.807, 2.05) is 110 Å². The van der Waals surface area contributed by atoms with E-state index in [2.05, 4.69) is 71.9 Å². The van der Waals surface area contributed by atoms with Gasteiger partial charge in [0.15, 0.2) is 0 Å². The fourth-order valence-corrected chi connectivity index (χ4v) is 17.6. The summed E-state index contributed by atoms with van der Waals surface area (Å²) in [5, 5.41) is 18.1. The lowest BCUT2D eigenvalue weighted by molar-refractivity contribution is -0.138. The maximum atomic E-state index is 13.3. The maximum absolute atomic E-state index is 13.3. The van der Waals surface area contributed by atoms with Gasteiger partial charge in [0.1, 0.15) is 16.8 Å². The number of ether oxygens (including phenoxy) is 3. The average Bonchev–Trinajstić information content (AvgIpc) is 1.61. The Morgan fingerprint density at radius 2 is 0.909 bits per heavy atom. The van der Waals surface area contributed by atoms with Gasteiger partial charge in [-0.25, -0.2) is 14.4 Å². The minimum atomic E-state index is -4.54. The molecule has 0 aromatic heterocycles. The quantitative estimate of drug-likeness (QED) is 0.0974. The summed E-state index contributed by atoms with van der Waals surface area (Å²) in [6.45, 7) is 38.4. The van der Waals surface area contributed by atoms with Crippen molar-refractivity contribution in [2.75, 3.05) is 80.1 Å². The summed E-state index contributed by atoms with van der Waals surface area (Å²) >= 11 is 29.6. The predicted octanol–water partition coefficient (Wildman–Crippen LogP) is 22.0. The molecular weight excluding hydrogens is 1650 g/mol. The second kappa shape index (κ2) is 36.9. The maximum Gasteiger partial charge on any atom is 0.416 e. The van der Waals surface area contributed by atoms with Crippen LogP contribution in [-0.2, 0) is 91.6 Å². The molecular formula is C94H107Cl5F3N9O10. The zero-order chi connectivity index (χ0) is 89.3. The molecule has 2 fully saturated rings. The zero-order valence-corrected chi connectivity index (χ0v) is 75.8. The first-order chi connectivity index (χ1) is 56.5. The molecule has 14 rings (SSSR count). The Morgan fingerprint density at radius 3 is 1.36 bits per heavy atom. The van der Waals surface area contributed by atoms with Crippen molar-refractivity contribution in [3.63, 3.8) is 0 Å². The number of hydrogen-bond acceptors (Lipinski definition) is 12. The Balaban J connectivity index is 0.000000160. The van der Waals surface area contributed by atoms with Crippen molar-refractivity contribution in [2.24, 2.45) is 11.8 Å². The molecule has 121 heavy (non-hydrogen) atoms. The summed E-state index contributed by atoms with van der Waals surface area (Å²) in [5.41, 5.74) is 15.0. The number of benzene rings is 7. The van der Waals surface area contributed by atoms with Crippen LogP contribution in [-0.4, -0.2) is 105 Å². The number of halogens is 8. The number of amides is 7. The molecule has 7 amide bonds. The third-order valence-corrected chi connectivity index (χ3v) is 23.7. The first kappa shape index (κ1) is 93.7. The van der Waals surface area contributed by atoms with Gasteiger partial charge >= 0.3 is 24.5 Å². The number of rotatable bonds is 9. The minimum absolute atomic E-state index is 0.0142. The van der Waals surface area contributed by atoms with Crippen molar-refractivity contribution in [2.45, 2.75) is 218 Å². The minimum Gasteiger partial charge on any atom is -0.443 e.